The highest BCUT2D eigenvalue weighted by atomic mass is 16.5. The summed E-state index contributed by atoms with van der Waals surface area (Å²) in [6.45, 7) is 0.280. The lowest BCUT2D eigenvalue weighted by molar-refractivity contribution is -0.121. The second-order valence-corrected chi connectivity index (χ2v) is 6.80. The summed E-state index contributed by atoms with van der Waals surface area (Å²) in [5.74, 6) is 1.12. The van der Waals surface area contributed by atoms with Crippen molar-refractivity contribution in [2.24, 2.45) is 0 Å². The molecule has 1 N–H and O–H groups in total. The molecule has 8 nitrogen and oxygen atoms in total. The highest BCUT2D eigenvalue weighted by Gasteiger charge is 2.13. The number of nitrogens with zero attached hydrogens (tertiary/aromatic N) is 3. The van der Waals surface area contributed by atoms with Crippen LogP contribution in [0.3, 0.4) is 0 Å². The summed E-state index contributed by atoms with van der Waals surface area (Å²) in [5.41, 5.74) is 1.99. The maximum atomic E-state index is 12.3. The third-order valence-electron chi connectivity index (χ3n) is 4.65. The quantitative estimate of drug-likeness (QED) is 0.497. The predicted octanol–water partition coefficient (Wildman–Crippen LogP) is 2.89. The van der Waals surface area contributed by atoms with Crippen LogP contribution in [-0.2, 0) is 17.9 Å². The molecule has 2 heterocycles. The number of hydrogen-bond donors (Lipinski definition) is 1. The van der Waals surface area contributed by atoms with E-state index in [9.17, 15) is 9.59 Å². The molecular formula is C23H20N4O4. The minimum absolute atomic E-state index is 0.112. The topological polar surface area (TPSA) is 99.3 Å². The third kappa shape index (κ3) is 4.87. The zero-order valence-electron chi connectivity index (χ0n) is 16.8. The van der Waals surface area contributed by atoms with Crippen LogP contribution in [0.5, 0.6) is 5.75 Å². The predicted molar refractivity (Wildman–Crippen MR) is 114 cm³/mol. The molecule has 4 rings (SSSR count). The van der Waals surface area contributed by atoms with Crippen LogP contribution in [0, 0.1) is 0 Å². The second kappa shape index (κ2) is 9.08. The minimum atomic E-state index is -0.298. The normalized spacial score (nSPS) is 10.6. The van der Waals surface area contributed by atoms with Crippen molar-refractivity contribution >= 4 is 5.91 Å². The molecule has 1 amide bonds. The molecule has 0 spiro atoms. The van der Waals surface area contributed by atoms with Gasteiger partial charge >= 0.3 is 0 Å². The molecule has 2 aromatic heterocycles. The van der Waals surface area contributed by atoms with Gasteiger partial charge in [-0.15, -0.1) is 0 Å². The number of rotatable bonds is 7. The van der Waals surface area contributed by atoms with Gasteiger partial charge in [-0.2, -0.15) is 4.98 Å². The van der Waals surface area contributed by atoms with E-state index in [-0.39, 0.29) is 23.9 Å². The van der Waals surface area contributed by atoms with Crippen LogP contribution >= 0.6 is 0 Å². The van der Waals surface area contributed by atoms with Crippen LogP contribution < -0.4 is 15.6 Å². The maximum Gasteiger partial charge on any atom is 0.259 e. The number of aromatic nitrogens is 3. The van der Waals surface area contributed by atoms with Gasteiger partial charge in [-0.3, -0.25) is 9.59 Å². The Kier molecular flexibility index (Phi) is 5.89. The van der Waals surface area contributed by atoms with E-state index in [0.717, 1.165) is 16.9 Å². The summed E-state index contributed by atoms with van der Waals surface area (Å²) in [7, 11) is 1.60. The van der Waals surface area contributed by atoms with Crippen molar-refractivity contribution in [2.45, 2.75) is 13.1 Å². The summed E-state index contributed by atoms with van der Waals surface area (Å²) in [6, 6.07) is 19.8. The van der Waals surface area contributed by atoms with E-state index in [1.807, 2.05) is 42.5 Å². The first kappa shape index (κ1) is 20.1. The minimum Gasteiger partial charge on any atom is -0.497 e. The molecule has 156 valence electrons. The molecule has 0 unspecified atom stereocenters. The molecule has 0 atom stereocenters. The van der Waals surface area contributed by atoms with Crippen LogP contribution in [0.2, 0.25) is 0 Å². The molecule has 0 aliphatic carbocycles. The molecular weight excluding hydrogens is 396 g/mol. The SMILES string of the molecule is COc1ccc(-c2noc(-c3ccc(=O)n(CC(=O)NCc4ccccc4)c3)n2)cc1. The van der Waals surface area contributed by atoms with Gasteiger partial charge in [-0.05, 0) is 35.9 Å². The van der Waals surface area contributed by atoms with Gasteiger partial charge in [0.2, 0.25) is 11.7 Å². The number of carbonyl (C=O) groups is 1. The highest BCUT2D eigenvalue weighted by Crippen LogP contribution is 2.23. The van der Waals surface area contributed by atoms with Gasteiger partial charge in [-0.25, -0.2) is 0 Å². The number of benzene rings is 2. The van der Waals surface area contributed by atoms with Crippen LogP contribution in [0.25, 0.3) is 22.8 Å². The Morgan fingerprint density at radius 3 is 2.52 bits per heavy atom. The number of hydrogen-bond acceptors (Lipinski definition) is 6. The third-order valence-corrected chi connectivity index (χ3v) is 4.65. The van der Waals surface area contributed by atoms with Crippen LogP contribution in [0.4, 0.5) is 0 Å². The fraction of sp³-hybridized carbons (Fsp3) is 0.130. The molecule has 4 aromatic rings. The zero-order valence-corrected chi connectivity index (χ0v) is 16.8. The molecule has 31 heavy (non-hydrogen) atoms. The number of pyridine rings is 1. The number of methoxy groups -OCH3 is 1. The van der Waals surface area contributed by atoms with E-state index >= 15 is 0 Å². The van der Waals surface area contributed by atoms with Crippen molar-refractivity contribution in [2.75, 3.05) is 7.11 Å². The second-order valence-electron chi connectivity index (χ2n) is 6.80. The lowest BCUT2D eigenvalue weighted by Crippen LogP contribution is -2.31. The summed E-state index contributed by atoms with van der Waals surface area (Å²) in [6.07, 6.45) is 1.54. The lowest BCUT2D eigenvalue weighted by atomic mass is 10.2. The van der Waals surface area contributed by atoms with Gasteiger partial charge in [0.1, 0.15) is 12.3 Å². The highest BCUT2D eigenvalue weighted by molar-refractivity contribution is 5.75. The van der Waals surface area contributed by atoms with Crippen molar-refractivity contribution in [1.29, 1.82) is 0 Å². The maximum absolute atomic E-state index is 12.3. The van der Waals surface area contributed by atoms with Crippen molar-refractivity contribution in [3.05, 3.63) is 88.8 Å². The average molecular weight is 416 g/mol. The first-order chi connectivity index (χ1) is 15.1. The molecule has 8 heteroatoms. The Hall–Kier alpha value is -4.20. The van der Waals surface area contributed by atoms with E-state index in [0.29, 0.717) is 17.9 Å². The summed E-state index contributed by atoms with van der Waals surface area (Å²) in [5, 5.41) is 6.81. The molecule has 0 aliphatic rings. The van der Waals surface area contributed by atoms with Crippen molar-refractivity contribution < 1.29 is 14.1 Å². The Balaban J connectivity index is 1.48. The van der Waals surface area contributed by atoms with Crippen LogP contribution in [-0.4, -0.2) is 27.7 Å². The Bertz CT molecular complexity index is 1230. The fourth-order valence-corrected chi connectivity index (χ4v) is 2.99. The molecule has 0 saturated heterocycles. The summed E-state index contributed by atoms with van der Waals surface area (Å²) in [4.78, 5) is 28.9. The van der Waals surface area contributed by atoms with E-state index in [2.05, 4.69) is 15.5 Å². The van der Waals surface area contributed by atoms with Crippen molar-refractivity contribution in [1.82, 2.24) is 20.0 Å². The molecule has 0 radical (unpaired) electrons. The zero-order chi connectivity index (χ0) is 21.6. The van der Waals surface area contributed by atoms with Gasteiger partial charge in [0.15, 0.2) is 0 Å². The number of nitrogens with one attached hydrogen (secondary N) is 1. The standard InChI is InChI=1S/C23H20N4O4/c1-30-19-10-7-17(8-11-19)22-25-23(31-26-22)18-9-12-21(29)27(14-18)15-20(28)24-13-16-5-3-2-4-6-16/h2-12,14H,13,15H2,1H3,(H,24,28). The Morgan fingerprint density at radius 2 is 1.77 bits per heavy atom. The van der Waals surface area contributed by atoms with Crippen molar-refractivity contribution in [3.8, 4) is 28.6 Å². The van der Waals surface area contributed by atoms with Gasteiger partial charge in [0.25, 0.3) is 11.4 Å². The summed E-state index contributed by atoms with van der Waals surface area (Å²) < 4.78 is 11.8. The number of carbonyl (C=O) groups excluding carboxylic acids is 1. The largest absolute Gasteiger partial charge is 0.497 e. The monoisotopic (exact) mass is 416 g/mol. The lowest BCUT2D eigenvalue weighted by Gasteiger charge is -2.08. The molecule has 0 saturated carbocycles. The smallest absolute Gasteiger partial charge is 0.259 e. The first-order valence-electron chi connectivity index (χ1n) is 9.62. The Labute approximate surface area is 178 Å². The summed E-state index contributed by atoms with van der Waals surface area (Å²) >= 11 is 0. The van der Waals surface area contributed by atoms with Gasteiger partial charge in [0, 0.05) is 24.4 Å². The van der Waals surface area contributed by atoms with Crippen molar-refractivity contribution in [3.63, 3.8) is 0 Å². The molecule has 0 aliphatic heterocycles. The fourth-order valence-electron chi connectivity index (χ4n) is 2.99. The first-order valence-corrected chi connectivity index (χ1v) is 9.62. The van der Waals surface area contributed by atoms with Crippen LogP contribution in [0.15, 0.2) is 82.2 Å². The van der Waals surface area contributed by atoms with E-state index in [1.54, 1.807) is 25.3 Å². The van der Waals surface area contributed by atoms with E-state index in [1.165, 1.54) is 16.8 Å². The number of amides is 1. The van der Waals surface area contributed by atoms with Gasteiger partial charge in [0.05, 0.1) is 12.7 Å². The van der Waals surface area contributed by atoms with Crippen LogP contribution in [0.1, 0.15) is 5.56 Å². The van der Waals surface area contributed by atoms with E-state index in [4.69, 9.17) is 9.26 Å². The number of ether oxygens (including phenoxy) is 1. The van der Waals surface area contributed by atoms with Gasteiger partial charge < -0.3 is 19.1 Å². The Morgan fingerprint density at radius 1 is 1.03 bits per heavy atom. The molecule has 0 fully saturated rings. The van der Waals surface area contributed by atoms with E-state index < -0.39 is 0 Å². The molecule has 2 aromatic carbocycles. The molecule has 0 bridgehead atoms. The van der Waals surface area contributed by atoms with Gasteiger partial charge in [-0.1, -0.05) is 35.5 Å². The average Bonchev–Trinajstić information content (AvgIpc) is 3.30.